The molecule has 0 saturated carbocycles. The summed E-state index contributed by atoms with van der Waals surface area (Å²) in [7, 11) is -2.99. The van der Waals surface area contributed by atoms with Crippen LogP contribution in [0.4, 0.5) is 5.69 Å². The second-order valence-corrected chi connectivity index (χ2v) is 7.00. The molecule has 1 amide bonds. The van der Waals surface area contributed by atoms with Crippen LogP contribution in [0.25, 0.3) is 0 Å². The maximum Gasteiger partial charge on any atom is 0.254 e. The number of halogens is 1. The van der Waals surface area contributed by atoms with Crippen molar-refractivity contribution in [3.8, 4) is 0 Å². The fourth-order valence-electron chi connectivity index (χ4n) is 2.38. The minimum absolute atomic E-state index is 0. The molecule has 1 aromatic carbocycles. The molecule has 2 N–H and O–H groups in total. The molecule has 5 nitrogen and oxygen atoms in total. The fourth-order valence-corrected chi connectivity index (χ4v) is 4.11. The predicted molar refractivity (Wildman–Crippen MR) is 81.9 cm³/mol. The molecule has 0 radical (unpaired) electrons. The van der Waals surface area contributed by atoms with Crippen LogP contribution in [0.2, 0.25) is 0 Å². The van der Waals surface area contributed by atoms with E-state index in [-0.39, 0.29) is 35.9 Å². The third-order valence-corrected chi connectivity index (χ3v) is 5.16. The Bertz CT molecular complexity index is 572. The van der Waals surface area contributed by atoms with E-state index in [0.29, 0.717) is 24.2 Å². The van der Waals surface area contributed by atoms with E-state index in [1.165, 1.54) is 0 Å². The van der Waals surface area contributed by atoms with Crippen LogP contribution in [0.3, 0.4) is 0 Å². The van der Waals surface area contributed by atoms with Gasteiger partial charge >= 0.3 is 0 Å². The number of sulfone groups is 1. The molecule has 0 aliphatic carbocycles. The summed E-state index contributed by atoms with van der Waals surface area (Å²) in [6, 6.07) is 6.48. The first-order chi connectivity index (χ1) is 8.93. The summed E-state index contributed by atoms with van der Waals surface area (Å²) in [5.41, 5.74) is 6.73. The average molecular weight is 319 g/mol. The van der Waals surface area contributed by atoms with Gasteiger partial charge in [-0.3, -0.25) is 4.79 Å². The number of hydrogen-bond acceptors (Lipinski definition) is 4. The molecule has 1 unspecified atom stereocenters. The van der Waals surface area contributed by atoms with Crippen molar-refractivity contribution < 1.29 is 13.2 Å². The van der Waals surface area contributed by atoms with Crippen molar-refractivity contribution in [1.29, 1.82) is 0 Å². The van der Waals surface area contributed by atoms with Gasteiger partial charge in [0.15, 0.2) is 9.84 Å². The summed E-state index contributed by atoms with van der Waals surface area (Å²) in [5.74, 6) is 0.106. The van der Waals surface area contributed by atoms with Crippen molar-refractivity contribution >= 4 is 33.8 Å². The average Bonchev–Trinajstić information content (AvgIpc) is 2.71. The lowest BCUT2D eigenvalue weighted by Gasteiger charge is -2.27. The Morgan fingerprint density at radius 1 is 1.35 bits per heavy atom. The number of nitrogens with zero attached hydrogens (tertiary/aromatic N) is 1. The third-order valence-electron chi connectivity index (χ3n) is 3.41. The lowest BCUT2D eigenvalue weighted by molar-refractivity contribution is 0.0708. The molecule has 1 saturated heterocycles. The largest absolute Gasteiger partial charge is 0.399 e. The molecule has 20 heavy (non-hydrogen) atoms. The highest BCUT2D eigenvalue weighted by Crippen LogP contribution is 2.20. The molecule has 1 aliphatic rings. The molecule has 2 rings (SSSR count). The van der Waals surface area contributed by atoms with Gasteiger partial charge in [0.25, 0.3) is 5.91 Å². The first-order valence-electron chi connectivity index (χ1n) is 6.30. The van der Waals surface area contributed by atoms with Crippen molar-refractivity contribution in [2.24, 2.45) is 0 Å². The Hall–Kier alpha value is -1.27. The zero-order chi connectivity index (χ0) is 14.0. The zero-order valence-corrected chi connectivity index (χ0v) is 12.9. The van der Waals surface area contributed by atoms with Crippen molar-refractivity contribution in [3.63, 3.8) is 0 Å². The van der Waals surface area contributed by atoms with Crippen LogP contribution in [0.15, 0.2) is 24.3 Å². The molecule has 1 fully saturated rings. The maximum atomic E-state index is 12.4. The van der Waals surface area contributed by atoms with Gasteiger partial charge in [0, 0.05) is 23.8 Å². The first kappa shape index (κ1) is 16.8. The number of rotatable bonds is 3. The molecule has 0 spiro atoms. The Labute approximate surface area is 125 Å². The summed E-state index contributed by atoms with van der Waals surface area (Å²) in [4.78, 5) is 14.0. The fraction of sp³-hybridized carbons (Fsp3) is 0.462. The number of amides is 1. The number of nitrogen functional groups attached to an aromatic ring is 1. The highest BCUT2D eigenvalue weighted by Gasteiger charge is 2.34. The number of anilines is 1. The minimum atomic E-state index is -2.99. The molecule has 112 valence electrons. The highest BCUT2D eigenvalue weighted by molar-refractivity contribution is 7.91. The van der Waals surface area contributed by atoms with Crippen LogP contribution in [0, 0.1) is 0 Å². The summed E-state index contributed by atoms with van der Waals surface area (Å²) in [6.45, 7) is 2.36. The molecule has 1 atom stereocenters. The summed E-state index contributed by atoms with van der Waals surface area (Å²) in [6.07, 6.45) is 0.525. The molecule has 0 aromatic heterocycles. The Kier molecular flexibility index (Phi) is 5.42. The van der Waals surface area contributed by atoms with Gasteiger partial charge in [0.05, 0.1) is 11.5 Å². The first-order valence-corrected chi connectivity index (χ1v) is 8.12. The van der Waals surface area contributed by atoms with E-state index in [0.717, 1.165) is 0 Å². The SMILES string of the molecule is CCN(C(=O)c1ccc(N)cc1)C1CCS(=O)(=O)C1.Cl. The lowest BCUT2D eigenvalue weighted by Crippen LogP contribution is -2.40. The van der Waals surface area contributed by atoms with E-state index in [4.69, 9.17) is 5.73 Å². The topological polar surface area (TPSA) is 80.5 Å². The molecule has 7 heteroatoms. The van der Waals surface area contributed by atoms with Crippen molar-refractivity contribution in [3.05, 3.63) is 29.8 Å². The van der Waals surface area contributed by atoms with Crippen LogP contribution in [-0.4, -0.2) is 43.3 Å². The van der Waals surface area contributed by atoms with Crippen molar-refractivity contribution in [2.75, 3.05) is 23.8 Å². The summed E-state index contributed by atoms with van der Waals surface area (Å²) in [5, 5.41) is 0. The second-order valence-electron chi connectivity index (χ2n) is 4.77. The van der Waals surface area contributed by atoms with Crippen LogP contribution in [0.5, 0.6) is 0 Å². The molecule has 1 heterocycles. The van der Waals surface area contributed by atoms with Crippen LogP contribution >= 0.6 is 12.4 Å². The van der Waals surface area contributed by atoms with Gasteiger partial charge < -0.3 is 10.6 Å². The Morgan fingerprint density at radius 3 is 2.40 bits per heavy atom. The van der Waals surface area contributed by atoms with Gasteiger partial charge in [-0.1, -0.05) is 0 Å². The van der Waals surface area contributed by atoms with Crippen molar-refractivity contribution in [2.45, 2.75) is 19.4 Å². The normalized spacial score (nSPS) is 20.1. The molecular weight excluding hydrogens is 300 g/mol. The number of hydrogen-bond donors (Lipinski definition) is 1. The second kappa shape index (κ2) is 6.45. The van der Waals surface area contributed by atoms with Crippen LogP contribution in [0.1, 0.15) is 23.7 Å². The summed E-state index contributed by atoms with van der Waals surface area (Å²) < 4.78 is 23.0. The monoisotopic (exact) mass is 318 g/mol. The molecular formula is C13H19ClN2O3S. The predicted octanol–water partition coefficient (Wildman–Crippen LogP) is 1.34. The van der Waals surface area contributed by atoms with Gasteiger partial charge in [-0.2, -0.15) is 0 Å². The van der Waals surface area contributed by atoms with Crippen LogP contribution in [-0.2, 0) is 9.84 Å². The maximum absolute atomic E-state index is 12.4. The van der Waals surface area contributed by atoms with Gasteiger partial charge in [-0.15, -0.1) is 12.4 Å². The standard InChI is InChI=1S/C13H18N2O3S.ClH/c1-2-15(12-7-8-19(17,18)9-12)13(16)10-3-5-11(14)6-4-10;/h3-6,12H,2,7-9,14H2,1H3;1H. The number of carbonyl (C=O) groups excluding carboxylic acids is 1. The van der Waals surface area contributed by atoms with E-state index in [1.54, 1.807) is 29.2 Å². The van der Waals surface area contributed by atoms with E-state index in [1.807, 2.05) is 6.92 Å². The van der Waals surface area contributed by atoms with Crippen LogP contribution < -0.4 is 5.73 Å². The summed E-state index contributed by atoms with van der Waals surface area (Å²) >= 11 is 0. The van der Waals surface area contributed by atoms with E-state index in [2.05, 4.69) is 0 Å². The molecule has 1 aromatic rings. The van der Waals surface area contributed by atoms with Gasteiger partial charge in [-0.05, 0) is 37.6 Å². The quantitative estimate of drug-likeness (QED) is 0.853. The van der Waals surface area contributed by atoms with Gasteiger partial charge in [-0.25, -0.2) is 8.42 Å². The minimum Gasteiger partial charge on any atom is -0.399 e. The number of nitrogens with two attached hydrogens (primary N) is 1. The Balaban J connectivity index is 0.00000200. The third kappa shape index (κ3) is 3.64. The smallest absolute Gasteiger partial charge is 0.254 e. The Morgan fingerprint density at radius 2 is 1.95 bits per heavy atom. The highest BCUT2D eigenvalue weighted by atomic mass is 35.5. The zero-order valence-electron chi connectivity index (χ0n) is 11.3. The lowest BCUT2D eigenvalue weighted by atomic mass is 10.1. The van der Waals surface area contributed by atoms with Gasteiger partial charge in [0.1, 0.15) is 0 Å². The molecule has 0 bridgehead atoms. The molecule has 1 aliphatic heterocycles. The van der Waals surface area contributed by atoms with Gasteiger partial charge in [0.2, 0.25) is 0 Å². The van der Waals surface area contributed by atoms with Crippen molar-refractivity contribution in [1.82, 2.24) is 4.90 Å². The number of benzene rings is 1. The number of carbonyl (C=O) groups is 1. The van der Waals surface area contributed by atoms with E-state index >= 15 is 0 Å². The van der Waals surface area contributed by atoms with E-state index in [9.17, 15) is 13.2 Å². The van der Waals surface area contributed by atoms with E-state index < -0.39 is 9.84 Å².